The number of sulfonamides is 1. The maximum atomic E-state index is 13.4. The molecule has 2 rings (SSSR count). The van der Waals surface area contributed by atoms with Gasteiger partial charge in [-0.2, -0.15) is 4.31 Å². The summed E-state index contributed by atoms with van der Waals surface area (Å²) in [7, 11) is -3.78. The van der Waals surface area contributed by atoms with Crippen LogP contribution in [0.2, 0.25) is 5.02 Å². The molecule has 21 heavy (non-hydrogen) atoms. The largest absolute Gasteiger partial charge is 0.315 e. The van der Waals surface area contributed by atoms with Gasteiger partial charge in [-0.25, -0.2) is 12.8 Å². The molecule has 1 heterocycles. The van der Waals surface area contributed by atoms with Crippen molar-refractivity contribution in [2.45, 2.75) is 30.7 Å². The van der Waals surface area contributed by atoms with Crippen LogP contribution in [0.25, 0.3) is 0 Å². The first-order valence-corrected chi connectivity index (χ1v) is 8.46. The van der Waals surface area contributed by atoms with Crippen molar-refractivity contribution in [3.63, 3.8) is 0 Å². The van der Waals surface area contributed by atoms with Crippen molar-refractivity contribution in [3.8, 4) is 0 Å². The lowest BCUT2D eigenvalue weighted by atomic mass is 10.2. The Morgan fingerprint density at radius 2 is 2.19 bits per heavy atom. The van der Waals surface area contributed by atoms with Crippen LogP contribution in [0.1, 0.15) is 19.8 Å². The Labute approximate surface area is 136 Å². The quantitative estimate of drug-likeness (QED) is 0.882. The summed E-state index contributed by atoms with van der Waals surface area (Å²) >= 11 is 5.94. The third-order valence-electron chi connectivity index (χ3n) is 3.37. The molecule has 1 aromatic carbocycles. The summed E-state index contributed by atoms with van der Waals surface area (Å²) in [6.45, 7) is 3.73. The molecule has 1 fully saturated rings. The number of rotatable bonds is 5. The van der Waals surface area contributed by atoms with Gasteiger partial charge < -0.3 is 5.32 Å². The highest BCUT2D eigenvalue weighted by atomic mass is 35.5. The van der Waals surface area contributed by atoms with Crippen molar-refractivity contribution < 1.29 is 12.8 Å². The molecule has 0 saturated carbocycles. The lowest BCUT2D eigenvalue weighted by Gasteiger charge is -2.27. The van der Waals surface area contributed by atoms with Crippen LogP contribution in [0.3, 0.4) is 0 Å². The highest BCUT2D eigenvalue weighted by molar-refractivity contribution is 7.89. The van der Waals surface area contributed by atoms with E-state index >= 15 is 0 Å². The molecule has 1 atom stereocenters. The zero-order valence-corrected chi connectivity index (χ0v) is 14.1. The monoisotopic (exact) mass is 356 g/mol. The molecule has 0 bridgehead atoms. The Morgan fingerprint density at radius 3 is 2.76 bits per heavy atom. The third kappa shape index (κ3) is 4.07. The van der Waals surface area contributed by atoms with Gasteiger partial charge >= 0.3 is 0 Å². The molecular formula is C13H19Cl2FN2O2S. The second-order valence-corrected chi connectivity index (χ2v) is 7.10. The average molecular weight is 357 g/mol. The van der Waals surface area contributed by atoms with Crippen LogP contribution in [-0.4, -0.2) is 38.4 Å². The zero-order chi connectivity index (χ0) is 14.8. The molecule has 0 radical (unpaired) electrons. The van der Waals surface area contributed by atoms with E-state index in [0.717, 1.165) is 25.1 Å². The van der Waals surface area contributed by atoms with Gasteiger partial charge in [-0.15, -0.1) is 12.4 Å². The fourth-order valence-electron chi connectivity index (χ4n) is 2.41. The van der Waals surface area contributed by atoms with Gasteiger partial charge in [0.2, 0.25) is 10.0 Å². The molecule has 1 N–H and O–H groups in total. The molecule has 1 aromatic rings. The van der Waals surface area contributed by atoms with E-state index in [-0.39, 0.29) is 28.4 Å². The molecule has 120 valence electrons. The molecule has 1 aliphatic heterocycles. The van der Waals surface area contributed by atoms with Crippen LogP contribution in [-0.2, 0) is 10.0 Å². The summed E-state index contributed by atoms with van der Waals surface area (Å²) in [6, 6.07) is 3.32. The minimum Gasteiger partial charge on any atom is -0.315 e. The van der Waals surface area contributed by atoms with E-state index in [1.807, 2.05) is 6.92 Å². The molecule has 0 amide bonds. The predicted octanol–water partition coefficient (Wildman–Crippen LogP) is 2.66. The number of nitrogens with zero attached hydrogens (tertiary/aromatic N) is 1. The van der Waals surface area contributed by atoms with E-state index in [1.54, 1.807) is 0 Å². The number of hydrogen-bond acceptors (Lipinski definition) is 3. The van der Waals surface area contributed by atoms with Gasteiger partial charge in [-0.05, 0) is 37.6 Å². The van der Waals surface area contributed by atoms with Crippen molar-refractivity contribution in [2.24, 2.45) is 0 Å². The predicted molar refractivity (Wildman–Crippen MR) is 84.1 cm³/mol. The first-order valence-electron chi connectivity index (χ1n) is 6.64. The summed E-state index contributed by atoms with van der Waals surface area (Å²) in [5.74, 6) is -0.603. The molecule has 8 heteroatoms. The Balaban J connectivity index is 0.00000220. The van der Waals surface area contributed by atoms with Gasteiger partial charge in [0.1, 0.15) is 10.7 Å². The van der Waals surface area contributed by atoms with E-state index in [0.29, 0.717) is 19.5 Å². The summed E-state index contributed by atoms with van der Waals surface area (Å²) in [4.78, 5) is -0.153. The Morgan fingerprint density at radius 1 is 1.48 bits per heavy atom. The topological polar surface area (TPSA) is 49.4 Å². The Hall–Kier alpha value is -0.400. The molecule has 1 unspecified atom stereocenters. The third-order valence-corrected chi connectivity index (χ3v) is 5.80. The number of hydrogen-bond donors (Lipinski definition) is 1. The molecule has 0 spiro atoms. The molecule has 0 aliphatic carbocycles. The van der Waals surface area contributed by atoms with Crippen LogP contribution in [0.15, 0.2) is 23.1 Å². The van der Waals surface area contributed by atoms with Crippen LogP contribution < -0.4 is 5.32 Å². The van der Waals surface area contributed by atoms with Gasteiger partial charge in [-0.1, -0.05) is 18.5 Å². The smallest absolute Gasteiger partial charge is 0.244 e. The van der Waals surface area contributed by atoms with Gasteiger partial charge in [0.15, 0.2) is 0 Å². The fraction of sp³-hybridized carbons (Fsp3) is 0.538. The first-order chi connectivity index (χ1) is 9.46. The molecule has 1 aliphatic rings. The average Bonchev–Trinajstić information content (AvgIpc) is 2.92. The highest BCUT2D eigenvalue weighted by Gasteiger charge is 2.34. The lowest BCUT2D eigenvalue weighted by molar-refractivity contribution is 0.335. The van der Waals surface area contributed by atoms with Crippen molar-refractivity contribution >= 4 is 34.0 Å². The second kappa shape index (κ2) is 7.74. The van der Waals surface area contributed by atoms with Gasteiger partial charge in [-0.3, -0.25) is 0 Å². The minimum absolute atomic E-state index is 0. The van der Waals surface area contributed by atoms with Gasteiger partial charge in [0, 0.05) is 19.1 Å². The van der Waals surface area contributed by atoms with Crippen LogP contribution in [0.4, 0.5) is 4.39 Å². The Kier molecular flexibility index (Phi) is 6.87. The first kappa shape index (κ1) is 18.6. The van der Waals surface area contributed by atoms with Crippen LogP contribution in [0, 0.1) is 5.82 Å². The van der Waals surface area contributed by atoms with E-state index in [1.165, 1.54) is 10.4 Å². The van der Waals surface area contributed by atoms with Crippen LogP contribution in [0.5, 0.6) is 0 Å². The SMILES string of the molecule is CCCN(C1CCNC1)S(=O)(=O)c1cc(F)ccc1Cl.Cl. The maximum Gasteiger partial charge on any atom is 0.244 e. The summed E-state index contributed by atoms with van der Waals surface area (Å²) in [6.07, 6.45) is 1.45. The zero-order valence-electron chi connectivity index (χ0n) is 11.7. The number of halogens is 3. The Bertz CT molecular complexity index is 578. The second-order valence-electron chi connectivity index (χ2n) is 4.84. The van der Waals surface area contributed by atoms with Crippen molar-refractivity contribution in [2.75, 3.05) is 19.6 Å². The molecular weight excluding hydrogens is 338 g/mol. The fourth-order valence-corrected chi connectivity index (χ4v) is 4.64. The standard InChI is InChI=1S/C13H18ClFN2O2S.ClH/c1-2-7-17(11-5-6-16-9-11)20(18,19)13-8-10(15)3-4-12(13)14;/h3-4,8,11,16H,2,5-7,9H2,1H3;1H. The molecule has 0 aromatic heterocycles. The summed E-state index contributed by atoms with van der Waals surface area (Å²) < 4.78 is 40.2. The summed E-state index contributed by atoms with van der Waals surface area (Å²) in [5, 5.41) is 3.20. The van der Waals surface area contributed by atoms with E-state index in [9.17, 15) is 12.8 Å². The number of nitrogens with one attached hydrogen (secondary N) is 1. The highest BCUT2D eigenvalue weighted by Crippen LogP contribution is 2.28. The van der Waals surface area contributed by atoms with E-state index < -0.39 is 15.8 Å². The normalized spacial score (nSPS) is 18.8. The van der Waals surface area contributed by atoms with E-state index in [4.69, 9.17) is 11.6 Å². The van der Waals surface area contributed by atoms with Crippen molar-refractivity contribution in [1.29, 1.82) is 0 Å². The maximum absolute atomic E-state index is 13.4. The summed E-state index contributed by atoms with van der Waals surface area (Å²) in [5.41, 5.74) is 0. The van der Waals surface area contributed by atoms with E-state index in [2.05, 4.69) is 5.32 Å². The number of benzene rings is 1. The lowest BCUT2D eigenvalue weighted by Crippen LogP contribution is -2.42. The van der Waals surface area contributed by atoms with Gasteiger partial charge in [0.25, 0.3) is 0 Å². The van der Waals surface area contributed by atoms with Gasteiger partial charge in [0.05, 0.1) is 5.02 Å². The molecule has 1 saturated heterocycles. The minimum atomic E-state index is -3.78. The molecule has 4 nitrogen and oxygen atoms in total. The van der Waals surface area contributed by atoms with Crippen molar-refractivity contribution in [1.82, 2.24) is 9.62 Å². The van der Waals surface area contributed by atoms with Crippen molar-refractivity contribution in [3.05, 3.63) is 29.0 Å². The van der Waals surface area contributed by atoms with Crippen LogP contribution >= 0.6 is 24.0 Å².